The van der Waals surface area contributed by atoms with Crippen LogP contribution in [0.5, 0.6) is 0 Å². The average molecular weight is 243 g/mol. The Morgan fingerprint density at radius 2 is 1.47 bits per heavy atom. The summed E-state index contributed by atoms with van der Waals surface area (Å²) in [5.41, 5.74) is 10.7. The molecule has 0 bridgehead atoms. The van der Waals surface area contributed by atoms with E-state index in [0.29, 0.717) is 0 Å². The van der Waals surface area contributed by atoms with Crippen LogP contribution in [0.2, 0.25) is 0 Å². The summed E-state index contributed by atoms with van der Waals surface area (Å²) in [5, 5.41) is 0. The highest BCUT2D eigenvalue weighted by atomic mass is 32.2. The second-order valence-corrected chi connectivity index (χ2v) is 5.50. The van der Waals surface area contributed by atoms with Gasteiger partial charge in [0.05, 0.1) is 0 Å². The normalized spacial score (nSPS) is 10.5. The molecule has 0 amide bonds. The largest absolute Gasteiger partial charge is 0.398 e. The molecule has 0 heterocycles. The molecule has 88 valence electrons. The summed E-state index contributed by atoms with van der Waals surface area (Å²) in [4.78, 5) is 2.41. The third kappa shape index (κ3) is 2.83. The van der Waals surface area contributed by atoms with Gasteiger partial charge in [-0.3, -0.25) is 0 Å². The summed E-state index contributed by atoms with van der Waals surface area (Å²) in [7, 11) is 0. The van der Waals surface area contributed by atoms with Gasteiger partial charge in [0.1, 0.15) is 0 Å². The first kappa shape index (κ1) is 12.1. The molecule has 0 unspecified atom stereocenters. The number of hydrogen-bond acceptors (Lipinski definition) is 2. The number of rotatable bonds is 2. The van der Waals surface area contributed by atoms with E-state index in [2.05, 4.69) is 45.0 Å². The van der Waals surface area contributed by atoms with E-state index in [9.17, 15) is 0 Å². The number of anilines is 1. The lowest BCUT2D eigenvalue weighted by Crippen LogP contribution is -1.90. The average Bonchev–Trinajstić information content (AvgIpc) is 2.27. The van der Waals surface area contributed by atoms with E-state index in [4.69, 9.17) is 5.73 Å². The van der Waals surface area contributed by atoms with Gasteiger partial charge in [0.15, 0.2) is 0 Å². The van der Waals surface area contributed by atoms with Crippen LogP contribution < -0.4 is 5.73 Å². The van der Waals surface area contributed by atoms with Crippen LogP contribution in [0.25, 0.3) is 0 Å². The van der Waals surface area contributed by atoms with Crippen molar-refractivity contribution in [1.82, 2.24) is 0 Å². The molecule has 0 aromatic heterocycles. The van der Waals surface area contributed by atoms with E-state index in [1.807, 2.05) is 12.1 Å². The van der Waals surface area contributed by atoms with Gasteiger partial charge in [-0.25, -0.2) is 0 Å². The topological polar surface area (TPSA) is 26.0 Å². The molecule has 0 saturated carbocycles. The Hall–Kier alpha value is -1.41. The number of nitrogen functional groups attached to an aromatic ring is 1. The second kappa shape index (κ2) is 4.84. The number of aryl methyl sites for hydroxylation is 3. The molecule has 17 heavy (non-hydrogen) atoms. The molecule has 2 aromatic rings. The Kier molecular flexibility index (Phi) is 3.43. The molecule has 2 rings (SSSR count). The van der Waals surface area contributed by atoms with Crippen molar-refractivity contribution in [3.8, 4) is 0 Å². The van der Waals surface area contributed by atoms with Crippen LogP contribution in [0, 0.1) is 20.8 Å². The molecular weight excluding hydrogens is 226 g/mol. The Bertz CT molecular complexity index is 547. The lowest BCUT2D eigenvalue weighted by atomic mass is 10.2. The summed E-state index contributed by atoms with van der Waals surface area (Å²) >= 11 is 1.74. The maximum atomic E-state index is 6.00. The van der Waals surface area contributed by atoms with Gasteiger partial charge in [0.2, 0.25) is 0 Å². The first-order valence-corrected chi connectivity index (χ1v) is 6.49. The standard InChI is InChI=1S/C15H17NS/c1-10-5-7-14(12(3)8-10)17-15-9-11(2)4-6-13(15)16/h4-9H,16H2,1-3H3. The molecular formula is C15H17NS. The third-order valence-electron chi connectivity index (χ3n) is 2.72. The fourth-order valence-electron chi connectivity index (χ4n) is 1.76. The van der Waals surface area contributed by atoms with Crippen LogP contribution >= 0.6 is 11.8 Å². The Labute approximate surface area is 107 Å². The Morgan fingerprint density at radius 1 is 0.824 bits per heavy atom. The van der Waals surface area contributed by atoms with Gasteiger partial charge < -0.3 is 5.73 Å². The lowest BCUT2D eigenvalue weighted by molar-refractivity contribution is 1.25. The quantitative estimate of drug-likeness (QED) is 0.794. The minimum absolute atomic E-state index is 0.848. The van der Waals surface area contributed by atoms with Gasteiger partial charge in [0.25, 0.3) is 0 Å². The zero-order valence-corrected chi connectivity index (χ0v) is 11.3. The predicted octanol–water partition coefficient (Wildman–Crippen LogP) is 4.35. The third-order valence-corrected chi connectivity index (χ3v) is 3.97. The van der Waals surface area contributed by atoms with Crippen LogP contribution in [-0.2, 0) is 0 Å². The highest BCUT2D eigenvalue weighted by molar-refractivity contribution is 7.99. The molecule has 0 radical (unpaired) electrons. The minimum Gasteiger partial charge on any atom is -0.398 e. The SMILES string of the molecule is Cc1ccc(Sc2cc(C)ccc2N)c(C)c1. The monoisotopic (exact) mass is 243 g/mol. The summed E-state index contributed by atoms with van der Waals surface area (Å²) in [6, 6.07) is 12.7. The maximum absolute atomic E-state index is 6.00. The van der Waals surface area contributed by atoms with E-state index in [1.54, 1.807) is 11.8 Å². The van der Waals surface area contributed by atoms with Crippen LogP contribution in [0.4, 0.5) is 5.69 Å². The van der Waals surface area contributed by atoms with Crippen molar-refractivity contribution in [2.75, 3.05) is 5.73 Å². The zero-order chi connectivity index (χ0) is 12.4. The highest BCUT2D eigenvalue weighted by Crippen LogP contribution is 2.34. The van der Waals surface area contributed by atoms with E-state index in [-0.39, 0.29) is 0 Å². The highest BCUT2D eigenvalue weighted by Gasteiger charge is 2.05. The zero-order valence-electron chi connectivity index (χ0n) is 10.4. The number of nitrogens with two attached hydrogens (primary N) is 1. The van der Waals surface area contributed by atoms with E-state index in [0.717, 1.165) is 10.6 Å². The molecule has 0 aliphatic rings. The maximum Gasteiger partial charge on any atom is 0.0456 e. The van der Waals surface area contributed by atoms with Gasteiger partial charge in [-0.1, -0.05) is 35.5 Å². The summed E-state index contributed by atoms with van der Waals surface area (Å²) in [6.07, 6.45) is 0. The van der Waals surface area contributed by atoms with E-state index >= 15 is 0 Å². The van der Waals surface area contributed by atoms with Gasteiger partial charge in [-0.15, -0.1) is 0 Å². The Morgan fingerprint density at radius 3 is 2.18 bits per heavy atom. The number of benzene rings is 2. The van der Waals surface area contributed by atoms with E-state index in [1.165, 1.54) is 21.6 Å². The summed E-state index contributed by atoms with van der Waals surface area (Å²) in [5.74, 6) is 0. The number of hydrogen-bond donors (Lipinski definition) is 1. The van der Waals surface area contributed by atoms with Gasteiger partial charge in [0, 0.05) is 15.5 Å². The van der Waals surface area contributed by atoms with Crippen molar-refractivity contribution in [2.24, 2.45) is 0 Å². The molecule has 0 aliphatic carbocycles. The van der Waals surface area contributed by atoms with E-state index < -0.39 is 0 Å². The van der Waals surface area contributed by atoms with Gasteiger partial charge in [-0.05, 0) is 50.1 Å². The van der Waals surface area contributed by atoms with Crippen molar-refractivity contribution in [2.45, 2.75) is 30.6 Å². The molecule has 0 saturated heterocycles. The van der Waals surface area contributed by atoms with Crippen LogP contribution in [-0.4, -0.2) is 0 Å². The van der Waals surface area contributed by atoms with Crippen molar-refractivity contribution in [3.05, 3.63) is 53.1 Å². The molecule has 2 N–H and O–H groups in total. The molecule has 0 spiro atoms. The summed E-state index contributed by atoms with van der Waals surface area (Å²) in [6.45, 7) is 6.34. The minimum atomic E-state index is 0.848. The summed E-state index contributed by atoms with van der Waals surface area (Å²) < 4.78 is 0. The smallest absolute Gasteiger partial charge is 0.0456 e. The fourth-order valence-corrected chi connectivity index (χ4v) is 2.79. The Balaban J connectivity index is 2.34. The predicted molar refractivity (Wildman–Crippen MR) is 75.6 cm³/mol. The molecule has 0 fully saturated rings. The van der Waals surface area contributed by atoms with Crippen LogP contribution in [0.3, 0.4) is 0 Å². The van der Waals surface area contributed by atoms with Crippen molar-refractivity contribution < 1.29 is 0 Å². The first-order chi connectivity index (χ1) is 8.06. The molecule has 0 atom stereocenters. The first-order valence-electron chi connectivity index (χ1n) is 5.67. The molecule has 0 aliphatic heterocycles. The van der Waals surface area contributed by atoms with Crippen molar-refractivity contribution in [3.63, 3.8) is 0 Å². The molecule has 2 aromatic carbocycles. The van der Waals surface area contributed by atoms with Crippen LogP contribution in [0.1, 0.15) is 16.7 Å². The second-order valence-electron chi connectivity index (χ2n) is 4.41. The van der Waals surface area contributed by atoms with Crippen LogP contribution in [0.15, 0.2) is 46.2 Å². The van der Waals surface area contributed by atoms with Gasteiger partial charge in [-0.2, -0.15) is 0 Å². The fraction of sp³-hybridized carbons (Fsp3) is 0.200. The van der Waals surface area contributed by atoms with Crippen molar-refractivity contribution in [1.29, 1.82) is 0 Å². The molecule has 2 heteroatoms. The lowest BCUT2D eigenvalue weighted by Gasteiger charge is -2.09. The van der Waals surface area contributed by atoms with Gasteiger partial charge >= 0.3 is 0 Å². The molecule has 1 nitrogen and oxygen atoms in total. The van der Waals surface area contributed by atoms with Crippen molar-refractivity contribution >= 4 is 17.4 Å².